The second-order valence-electron chi connectivity index (χ2n) is 5.77. The van der Waals surface area contributed by atoms with Gasteiger partial charge in [-0.05, 0) is 44.4 Å². The van der Waals surface area contributed by atoms with E-state index in [0.717, 1.165) is 24.1 Å². The Morgan fingerprint density at radius 3 is 1.90 bits per heavy atom. The van der Waals surface area contributed by atoms with Crippen LogP contribution < -0.4 is 5.32 Å². The quantitative estimate of drug-likeness (QED) is 0.893. The maximum atomic E-state index is 12.6. The Labute approximate surface area is 119 Å². The summed E-state index contributed by atoms with van der Waals surface area (Å²) in [5.74, 6) is 0.116. The lowest BCUT2D eigenvalue weighted by molar-refractivity contribution is -0.118. The first-order valence-corrected chi connectivity index (χ1v) is 7.05. The van der Waals surface area contributed by atoms with Crippen LogP contribution in [0.4, 0.5) is 5.69 Å². The summed E-state index contributed by atoms with van der Waals surface area (Å²) in [6, 6.07) is 16.3. The molecule has 0 saturated heterocycles. The molecular weight excluding hydrogens is 246 g/mol. The molecule has 3 rings (SSSR count). The van der Waals surface area contributed by atoms with Gasteiger partial charge in [0.2, 0.25) is 5.91 Å². The highest BCUT2D eigenvalue weighted by molar-refractivity contribution is 6.01. The summed E-state index contributed by atoms with van der Waals surface area (Å²) in [6.07, 6.45) is 1.88. The van der Waals surface area contributed by atoms with Crippen LogP contribution in [0.5, 0.6) is 0 Å². The first-order chi connectivity index (χ1) is 9.60. The van der Waals surface area contributed by atoms with E-state index in [0.29, 0.717) is 0 Å². The molecule has 0 unspecified atom stereocenters. The largest absolute Gasteiger partial charge is 0.325 e. The van der Waals surface area contributed by atoms with Gasteiger partial charge in [0.25, 0.3) is 0 Å². The van der Waals surface area contributed by atoms with Crippen LogP contribution in [0, 0.1) is 13.8 Å². The van der Waals surface area contributed by atoms with Crippen LogP contribution in [0.1, 0.15) is 29.5 Å². The fourth-order valence-electron chi connectivity index (χ4n) is 2.53. The number of anilines is 1. The molecule has 0 aliphatic heterocycles. The normalized spacial score (nSPS) is 15.7. The van der Waals surface area contributed by atoms with Gasteiger partial charge in [0.05, 0.1) is 5.41 Å². The molecule has 2 nitrogen and oxygen atoms in total. The summed E-state index contributed by atoms with van der Waals surface area (Å²) in [5.41, 5.74) is 4.12. The van der Waals surface area contributed by atoms with E-state index in [1.807, 2.05) is 31.2 Å². The maximum absolute atomic E-state index is 12.6. The van der Waals surface area contributed by atoms with Crippen molar-refractivity contribution in [1.29, 1.82) is 0 Å². The van der Waals surface area contributed by atoms with Gasteiger partial charge in [-0.1, -0.05) is 47.5 Å². The molecule has 1 aliphatic carbocycles. The Morgan fingerprint density at radius 1 is 0.900 bits per heavy atom. The van der Waals surface area contributed by atoms with E-state index >= 15 is 0 Å². The molecule has 20 heavy (non-hydrogen) atoms. The van der Waals surface area contributed by atoms with E-state index < -0.39 is 0 Å². The molecule has 102 valence electrons. The van der Waals surface area contributed by atoms with Crippen molar-refractivity contribution in [3.8, 4) is 0 Å². The Kier molecular flexibility index (Phi) is 3.09. The molecule has 2 heteroatoms. The number of rotatable bonds is 3. The Balaban J connectivity index is 1.79. The molecule has 1 N–H and O–H groups in total. The molecule has 0 radical (unpaired) electrons. The summed E-state index contributed by atoms with van der Waals surface area (Å²) in [6.45, 7) is 4.11. The third-order valence-corrected chi connectivity index (χ3v) is 4.10. The van der Waals surface area contributed by atoms with Crippen LogP contribution in [0.15, 0.2) is 48.5 Å². The summed E-state index contributed by atoms with van der Waals surface area (Å²) in [5, 5.41) is 3.05. The number of carbonyl (C=O) groups excluding carboxylic acids is 1. The van der Waals surface area contributed by atoms with E-state index in [4.69, 9.17) is 0 Å². The zero-order valence-electron chi connectivity index (χ0n) is 11.9. The molecule has 2 aromatic carbocycles. The SMILES string of the molecule is Cc1ccc(NC(=O)C2(c3ccc(C)cc3)CC2)cc1. The zero-order chi connectivity index (χ0) is 14.2. The van der Waals surface area contributed by atoms with Gasteiger partial charge in [-0.25, -0.2) is 0 Å². The maximum Gasteiger partial charge on any atom is 0.235 e. The number of carbonyl (C=O) groups is 1. The highest BCUT2D eigenvalue weighted by Gasteiger charge is 2.51. The number of nitrogens with one attached hydrogen (secondary N) is 1. The van der Waals surface area contributed by atoms with Crippen molar-refractivity contribution in [2.75, 3.05) is 5.32 Å². The highest BCUT2D eigenvalue weighted by atomic mass is 16.2. The van der Waals surface area contributed by atoms with Crippen LogP contribution in [0.2, 0.25) is 0 Å². The van der Waals surface area contributed by atoms with Crippen molar-refractivity contribution in [3.63, 3.8) is 0 Å². The number of amides is 1. The van der Waals surface area contributed by atoms with Gasteiger partial charge in [-0.3, -0.25) is 4.79 Å². The van der Waals surface area contributed by atoms with Crippen molar-refractivity contribution >= 4 is 11.6 Å². The van der Waals surface area contributed by atoms with Crippen LogP contribution in [0.3, 0.4) is 0 Å². The molecular formula is C18H19NO. The first-order valence-electron chi connectivity index (χ1n) is 7.05. The average Bonchev–Trinajstić information content (AvgIpc) is 3.24. The average molecular weight is 265 g/mol. The minimum atomic E-state index is -0.307. The number of hydrogen-bond acceptors (Lipinski definition) is 1. The molecule has 1 saturated carbocycles. The van der Waals surface area contributed by atoms with E-state index in [9.17, 15) is 4.79 Å². The Morgan fingerprint density at radius 2 is 1.40 bits per heavy atom. The van der Waals surface area contributed by atoms with Gasteiger partial charge in [-0.15, -0.1) is 0 Å². The molecule has 0 spiro atoms. The number of benzene rings is 2. The van der Waals surface area contributed by atoms with Crippen LogP contribution in [0.25, 0.3) is 0 Å². The second-order valence-corrected chi connectivity index (χ2v) is 5.77. The van der Waals surface area contributed by atoms with Crippen molar-refractivity contribution < 1.29 is 4.79 Å². The highest BCUT2D eigenvalue weighted by Crippen LogP contribution is 2.49. The van der Waals surface area contributed by atoms with Crippen molar-refractivity contribution in [2.24, 2.45) is 0 Å². The molecule has 0 heterocycles. The Bertz CT molecular complexity index is 621. The lowest BCUT2D eigenvalue weighted by atomic mass is 9.94. The van der Waals surface area contributed by atoms with Crippen molar-refractivity contribution in [3.05, 3.63) is 65.2 Å². The summed E-state index contributed by atoms with van der Waals surface area (Å²) in [4.78, 5) is 12.6. The molecule has 0 aromatic heterocycles. The molecule has 1 amide bonds. The van der Waals surface area contributed by atoms with Gasteiger partial charge in [-0.2, -0.15) is 0 Å². The number of aryl methyl sites for hydroxylation is 2. The lowest BCUT2D eigenvalue weighted by Crippen LogP contribution is -2.27. The van der Waals surface area contributed by atoms with E-state index in [-0.39, 0.29) is 11.3 Å². The molecule has 1 fully saturated rings. The molecule has 1 aliphatic rings. The fraction of sp³-hybridized carbons (Fsp3) is 0.278. The number of hydrogen-bond donors (Lipinski definition) is 1. The molecule has 0 bridgehead atoms. The van der Waals surface area contributed by atoms with Gasteiger partial charge >= 0.3 is 0 Å². The van der Waals surface area contributed by atoms with Gasteiger partial charge in [0.1, 0.15) is 0 Å². The van der Waals surface area contributed by atoms with Crippen LogP contribution >= 0.6 is 0 Å². The van der Waals surface area contributed by atoms with Gasteiger partial charge in [0.15, 0.2) is 0 Å². The Hall–Kier alpha value is -2.09. The lowest BCUT2D eigenvalue weighted by Gasteiger charge is -2.16. The monoisotopic (exact) mass is 265 g/mol. The fourth-order valence-corrected chi connectivity index (χ4v) is 2.53. The van der Waals surface area contributed by atoms with Crippen LogP contribution in [-0.2, 0) is 10.2 Å². The first kappa shape index (κ1) is 12.9. The topological polar surface area (TPSA) is 29.1 Å². The van der Waals surface area contributed by atoms with Crippen molar-refractivity contribution in [1.82, 2.24) is 0 Å². The summed E-state index contributed by atoms with van der Waals surface area (Å²) >= 11 is 0. The predicted molar refractivity (Wildman–Crippen MR) is 81.9 cm³/mol. The zero-order valence-corrected chi connectivity index (χ0v) is 11.9. The van der Waals surface area contributed by atoms with Crippen molar-refractivity contribution in [2.45, 2.75) is 32.1 Å². The summed E-state index contributed by atoms with van der Waals surface area (Å²) in [7, 11) is 0. The third-order valence-electron chi connectivity index (χ3n) is 4.10. The third kappa shape index (κ3) is 2.34. The second kappa shape index (κ2) is 4.78. The van der Waals surface area contributed by atoms with Gasteiger partial charge < -0.3 is 5.32 Å². The van der Waals surface area contributed by atoms with E-state index in [1.165, 1.54) is 11.1 Å². The summed E-state index contributed by atoms with van der Waals surface area (Å²) < 4.78 is 0. The van der Waals surface area contributed by atoms with Crippen LogP contribution in [-0.4, -0.2) is 5.91 Å². The minimum absolute atomic E-state index is 0.116. The standard InChI is InChI=1S/C18H19NO/c1-13-3-7-15(8-4-13)18(11-12-18)17(20)19-16-9-5-14(2)6-10-16/h3-10H,11-12H2,1-2H3,(H,19,20). The minimum Gasteiger partial charge on any atom is -0.325 e. The van der Waals surface area contributed by atoms with E-state index in [1.54, 1.807) is 0 Å². The smallest absolute Gasteiger partial charge is 0.235 e. The molecule has 0 atom stereocenters. The van der Waals surface area contributed by atoms with E-state index in [2.05, 4.69) is 36.5 Å². The predicted octanol–water partition coefficient (Wildman–Crippen LogP) is 3.97. The van der Waals surface area contributed by atoms with Gasteiger partial charge in [0, 0.05) is 5.69 Å². The molecule has 2 aromatic rings.